The highest BCUT2D eigenvalue weighted by Crippen LogP contribution is 2.29. The first-order valence-electron chi connectivity index (χ1n) is 9.34. The molecule has 1 unspecified atom stereocenters. The van der Waals surface area contributed by atoms with E-state index in [2.05, 4.69) is 15.2 Å². The van der Waals surface area contributed by atoms with E-state index in [9.17, 15) is 9.59 Å². The van der Waals surface area contributed by atoms with Crippen LogP contribution < -0.4 is 10.1 Å². The Kier molecular flexibility index (Phi) is 5.62. The molecule has 2 aliphatic heterocycles. The number of hydrogen-bond donors (Lipinski definition) is 1. The summed E-state index contributed by atoms with van der Waals surface area (Å²) in [7, 11) is 0. The number of thioether (sulfide) groups is 1. The van der Waals surface area contributed by atoms with Gasteiger partial charge in [-0.15, -0.1) is 0 Å². The van der Waals surface area contributed by atoms with Gasteiger partial charge in [0.05, 0.1) is 0 Å². The second-order valence-corrected chi connectivity index (χ2v) is 7.89. The number of nitrogens with one attached hydrogen (secondary N) is 1. The average Bonchev–Trinajstić information content (AvgIpc) is 3.35. The fourth-order valence-corrected chi connectivity index (χ4v) is 4.28. The molecule has 0 aliphatic carbocycles. The van der Waals surface area contributed by atoms with E-state index in [1.165, 1.54) is 11.8 Å². The Labute approximate surface area is 168 Å². The van der Waals surface area contributed by atoms with Gasteiger partial charge in [-0.3, -0.25) is 9.59 Å². The highest BCUT2D eigenvalue weighted by Gasteiger charge is 2.33. The molecule has 0 radical (unpaired) electrons. The van der Waals surface area contributed by atoms with Gasteiger partial charge in [0.2, 0.25) is 5.91 Å². The lowest BCUT2D eigenvalue weighted by Gasteiger charge is -2.16. The van der Waals surface area contributed by atoms with E-state index in [0.717, 1.165) is 36.8 Å². The predicted octanol–water partition coefficient (Wildman–Crippen LogP) is 3.90. The van der Waals surface area contributed by atoms with E-state index in [-0.39, 0.29) is 18.2 Å². The zero-order chi connectivity index (χ0) is 19.3. The topological polar surface area (TPSA) is 71.0 Å². The molecule has 2 heterocycles. The summed E-state index contributed by atoms with van der Waals surface area (Å²) >= 11 is 1.40. The van der Waals surface area contributed by atoms with E-state index >= 15 is 0 Å². The van der Waals surface area contributed by atoms with Gasteiger partial charge in [0.25, 0.3) is 5.91 Å². The number of ether oxygens (including phenoxy) is 1. The van der Waals surface area contributed by atoms with Crippen LogP contribution >= 0.6 is 11.8 Å². The van der Waals surface area contributed by atoms with Crippen molar-refractivity contribution >= 4 is 34.4 Å². The van der Waals surface area contributed by atoms with Crippen LogP contribution in [0.4, 0.5) is 5.69 Å². The molecule has 0 aromatic heterocycles. The molecule has 2 aromatic rings. The molecule has 1 saturated heterocycles. The minimum absolute atomic E-state index is 0.118. The third-order valence-corrected chi connectivity index (χ3v) is 5.81. The number of rotatable bonds is 5. The van der Waals surface area contributed by atoms with Crippen molar-refractivity contribution in [2.75, 3.05) is 18.4 Å². The number of carbonyl (C=O) groups is 2. The summed E-state index contributed by atoms with van der Waals surface area (Å²) < 4.78 is 5.74. The molecule has 4 rings (SSSR count). The van der Waals surface area contributed by atoms with Crippen LogP contribution in [0.1, 0.15) is 19.3 Å². The third-order valence-electron chi connectivity index (χ3n) is 4.59. The SMILES string of the molecule is O=C(CC1SC(N2CCCC2)=NC1=O)Nc1ccc(Oc2ccccc2)cc1. The van der Waals surface area contributed by atoms with E-state index in [0.29, 0.717) is 11.4 Å². The van der Waals surface area contributed by atoms with Crippen molar-refractivity contribution < 1.29 is 14.3 Å². The standard InChI is InChI=1S/C21H21N3O3S/c25-19(14-18-20(26)23-21(28-18)24-12-4-5-13-24)22-15-8-10-17(11-9-15)27-16-6-2-1-3-7-16/h1-3,6-11,18H,4-5,12-14H2,(H,22,25). The van der Waals surface area contributed by atoms with Crippen molar-refractivity contribution in [1.82, 2.24) is 4.90 Å². The minimum Gasteiger partial charge on any atom is -0.457 e. The lowest BCUT2D eigenvalue weighted by molar-refractivity contribution is -0.121. The smallest absolute Gasteiger partial charge is 0.262 e. The van der Waals surface area contributed by atoms with Crippen LogP contribution in [0, 0.1) is 0 Å². The van der Waals surface area contributed by atoms with Crippen molar-refractivity contribution in [3.63, 3.8) is 0 Å². The Bertz CT molecular complexity index is 878. The highest BCUT2D eigenvalue weighted by atomic mass is 32.2. The summed E-state index contributed by atoms with van der Waals surface area (Å²) in [6, 6.07) is 16.7. The van der Waals surface area contributed by atoms with E-state index in [1.54, 1.807) is 24.3 Å². The molecule has 144 valence electrons. The molecular weight excluding hydrogens is 374 g/mol. The van der Waals surface area contributed by atoms with Crippen LogP contribution in [0.15, 0.2) is 59.6 Å². The van der Waals surface area contributed by atoms with Gasteiger partial charge in [0, 0.05) is 25.2 Å². The number of aliphatic imine (C=N–C) groups is 1. The van der Waals surface area contributed by atoms with Gasteiger partial charge < -0.3 is 15.0 Å². The van der Waals surface area contributed by atoms with Crippen molar-refractivity contribution in [3.05, 3.63) is 54.6 Å². The third kappa shape index (κ3) is 4.54. The first kappa shape index (κ1) is 18.6. The lowest BCUT2D eigenvalue weighted by atomic mass is 10.2. The van der Waals surface area contributed by atoms with Crippen LogP contribution in [0.2, 0.25) is 0 Å². The molecule has 0 spiro atoms. The normalized spacial score (nSPS) is 18.9. The largest absolute Gasteiger partial charge is 0.457 e. The number of likely N-dealkylation sites (tertiary alicyclic amines) is 1. The van der Waals surface area contributed by atoms with Gasteiger partial charge >= 0.3 is 0 Å². The fourth-order valence-electron chi connectivity index (χ4n) is 3.16. The number of amidine groups is 1. The second kappa shape index (κ2) is 8.48. The fraction of sp³-hybridized carbons (Fsp3) is 0.286. The Morgan fingerprint density at radius 2 is 1.75 bits per heavy atom. The maximum atomic E-state index is 12.3. The summed E-state index contributed by atoms with van der Waals surface area (Å²) in [6.45, 7) is 1.88. The first-order chi connectivity index (χ1) is 13.7. The van der Waals surface area contributed by atoms with Crippen molar-refractivity contribution in [2.45, 2.75) is 24.5 Å². The molecule has 1 atom stereocenters. The summed E-state index contributed by atoms with van der Waals surface area (Å²) in [5.74, 6) is 1.04. The molecule has 28 heavy (non-hydrogen) atoms. The highest BCUT2D eigenvalue weighted by molar-refractivity contribution is 8.15. The van der Waals surface area contributed by atoms with Crippen molar-refractivity contribution in [2.24, 2.45) is 4.99 Å². The van der Waals surface area contributed by atoms with Crippen molar-refractivity contribution in [1.29, 1.82) is 0 Å². The van der Waals surface area contributed by atoms with Crippen LogP contribution in [0.25, 0.3) is 0 Å². The summed E-state index contributed by atoms with van der Waals surface area (Å²) in [6.07, 6.45) is 2.37. The quantitative estimate of drug-likeness (QED) is 0.831. The van der Waals surface area contributed by atoms with Gasteiger partial charge in [0.15, 0.2) is 5.17 Å². The average molecular weight is 395 g/mol. The number of carbonyl (C=O) groups excluding carboxylic acids is 2. The van der Waals surface area contributed by atoms with Crippen LogP contribution in [0.3, 0.4) is 0 Å². The number of anilines is 1. The molecule has 1 N–H and O–H groups in total. The molecule has 0 bridgehead atoms. The Hall–Kier alpha value is -2.80. The lowest BCUT2D eigenvalue weighted by Crippen LogP contribution is -2.25. The first-order valence-corrected chi connectivity index (χ1v) is 10.2. The van der Waals surface area contributed by atoms with Gasteiger partial charge in [0.1, 0.15) is 16.7 Å². The summed E-state index contributed by atoms with van der Waals surface area (Å²) in [5, 5.41) is 3.17. The summed E-state index contributed by atoms with van der Waals surface area (Å²) in [5.41, 5.74) is 0.668. The molecule has 2 aromatic carbocycles. The number of nitrogens with zero attached hydrogens (tertiary/aromatic N) is 2. The molecule has 6 nitrogen and oxygen atoms in total. The molecule has 1 fully saturated rings. The monoisotopic (exact) mass is 395 g/mol. The number of benzene rings is 2. The number of hydrogen-bond acceptors (Lipinski definition) is 5. The zero-order valence-corrected chi connectivity index (χ0v) is 16.2. The van der Waals surface area contributed by atoms with Gasteiger partial charge in [-0.25, -0.2) is 0 Å². The molecule has 2 amide bonds. The van der Waals surface area contributed by atoms with Gasteiger partial charge in [-0.2, -0.15) is 4.99 Å². The van der Waals surface area contributed by atoms with Crippen LogP contribution in [-0.2, 0) is 9.59 Å². The zero-order valence-electron chi connectivity index (χ0n) is 15.3. The number of para-hydroxylation sites is 1. The van der Waals surface area contributed by atoms with E-state index in [1.807, 2.05) is 30.3 Å². The van der Waals surface area contributed by atoms with Crippen LogP contribution in [0.5, 0.6) is 11.5 Å². The predicted molar refractivity (Wildman–Crippen MR) is 111 cm³/mol. The number of amides is 2. The van der Waals surface area contributed by atoms with Gasteiger partial charge in [-0.05, 0) is 49.2 Å². The second-order valence-electron chi connectivity index (χ2n) is 6.73. The van der Waals surface area contributed by atoms with Gasteiger partial charge in [-0.1, -0.05) is 30.0 Å². The minimum atomic E-state index is -0.434. The molecule has 7 heteroatoms. The molecule has 2 aliphatic rings. The Morgan fingerprint density at radius 3 is 2.46 bits per heavy atom. The Balaban J connectivity index is 1.29. The van der Waals surface area contributed by atoms with E-state index < -0.39 is 5.25 Å². The van der Waals surface area contributed by atoms with E-state index in [4.69, 9.17) is 4.74 Å². The molecule has 0 saturated carbocycles. The molecular formula is C21H21N3O3S. The Morgan fingerprint density at radius 1 is 1.07 bits per heavy atom. The maximum absolute atomic E-state index is 12.3. The maximum Gasteiger partial charge on any atom is 0.262 e. The van der Waals surface area contributed by atoms with Crippen molar-refractivity contribution in [3.8, 4) is 11.5 Å². The summed E-state index contributed by atoms with van der Waals surface area (Å²) in [4.78, 5) is 30.7. The van der Waals surface area contributed by atoms with Crippen LogP contribution in [-0.4, -0.2) is 40.2 Å².